The Bertz CT molecular complexity index is 853. The van der Waals surface area contributed by atoms with Crippen LogP contribution in [0.25, 0.3) is 0 Å². The summed E-state index contributed by atoms with van der Waals surface area (Å²) < 4.78 is 5.16. The van der Waals surface area contributed by atoms with Crippen molar-refractivity contribution in [3.8, 4) is 0 Å². The molecule has 6 nitrogen and oxygen atoms in total. The van der Waals surface area contributed by atoms with Crippen LogP contribution in [0.1, 0.15) is 16.2 Å². The molecule has 0 spiro atoms. The maximum absolute atomic E-state index is 12.1. The van der Waals surface area contributed by atoms with Crippen molar-refractivity contribution < 1.29 is 9.21 Å². The van der Waals surface area contributed by atoms with E-state index >= 15 is 0 Å². The number of hydrogen-bond acceptors (Lipinski definition) is 5. The van der Waals surface area contributed by atoms with Crippen molar-refractivity contribution in [2.75, 3.05) is 5.32 Å². The SMILES string of the molecule is O=C(NCc1ccco1)c1ccnc(Nc2ccc(Cl)cc2Cl)n1. The Hall–Kier alpha value is -2.57. The van der Waals surface area contributed by atoms with E-state index in [1.54, 1.807) is 36.6 Å². The van der Waals surface area contributed by atoms with Crippen LogP contribution in [0.15, 0.2) is 53.3 Å². The second kappa shape index (κ2) is 7.33. The fraction of sp³-hybridized carbons (Fsp3) is 0.0625. The van der Waals surface area contributed by atoms with Crippen molar-refractivity contribution in [3.63, 3.8) is 0 Å². The van der Waals surface area contributed by atoms with Crippen LogP contribution < -0.4 is 10.6 Å². The minimum atomic E-state index is -0.334. The lowest BCUT2D eigenvalue weighted by Crippen LogP contribution is -2.23. The van der Waals surface area contributed by atoms with Gasteiger partial charge in [0, 0.05) is 11.2 Å². The molecule has 2 N–H and O–H groups in total. The van der Waals surface area contributed by atoms with Gasteiger partial charge in [-0.15, -0.1) is 0 Å². The standard InChI is InChI=1S/C16H12Cl2N4O2/c17-10-3-4-13(12(18)8-10)21-16-19-6-5-14(22-16)15(23)20-9-11-2-1-7-24-11/h1-8H,9H2,(H,20,23)(H,19,21,22). The van der Waals surface area contributed by atoms with E-state index in [0.29, 0.717) is 21.5 Å². The maximum atomic E-state index is 12.1. The predicted octanol–water partition coefficient (Wildman–Crippen LogP) is 4.05. The van der Waals surface area contributed by atoms with E-state index in [1.165, 1.54) is 12.3 Å². The average molecular weight is 363 g/mol. The van der Waals surface area contributed by atoms with E-state index in [9.17, 15) is 4.79 Å². The molecule has 0 aliphatic carbocycles. The largest absolute Gasteiger partial charge is 0.467 e. The number of amides is 1. The molecule has 0 bridgehead atoms. The van der Waals surface area contributed by atoms with Crippen molar-refractivity contribution in [3.05, 3.63) is 70.4 Å². The van der Waals surface area contributed by atoms with E-state index in [-0.39, 0.29) is 24.1 Å². The fourth-order valence-electron chi connectivity index (χ4n) is 1.93. The number of carbonyl (C=O) groups excluding carboxylic acids is 1. The van der Waals surface area contributed by atoms with Gasteiger partial charge in [0.1, 0.15) is 11.5 Å². The second-order valence-electron chi connectivity index (χ2n) is 4.78. The van der Waals surface area contributed by atoms with Crippen molar-refractivity contribution >= 4 is 40.7 Å². The van der Waals surface area contributed by atoms with E-state index in [4.69, 9.17) is 27.6 Å². The van der Waals surface area contributed by atoms with Crippen LogP contribution in [0.3, 0.4) is 0 Å². The number of halogens is 2. The molecule has 3 aromatic rings. The second-order valence-corrected chi connectivity index (χ2v) is 5.62. The summed E-state index contributed by atoms with van der Waals surface area (Å²) in [7, 11) is 0. The van der Waals surface area contributed by atoms with E-state index in [1.807, 2.05) is 0 Å². The Balaban J connectivity index is 1.70. The number of hydrogen-bond donors (Lipinski definition) is 2. The number of rotatable bonds is 5. The summed E-state index contributed by atoms with van der Waals surface area (Å²) in [4.78, 5) is 20.4. The molecule has 0 fully saturated rings. The maximum Gasteiger partial charge on any atom is 0.270 e. The van der Waals surface area contributed by atoms with Crippen LogP contribution in [0, 0.1) is 0 Å². The minimum Gasteiger partial charge on any atom is -0.467 e. The normalized spacial score (nSPS) is 10.4. The third-order valence-corrected chi connectivity index (χ3v) is 3.62. The topological polar surface area (TPSA) is 80.0 Å². The number of nitrogens with one attached hydrogen (secondary N) is 2. The lowest BCUT2D eigenvalue weighted by molar-refractivity contribution is 0.0943. The van der Waals surface area contributed by atoms with Crippen LogP contribution in [-0.2, 0) is 6.54 Å². The molecule has 0 saturated carbocycles. The third kappa shape index (κ3) is 4.04. The molecule has 1 amide bonds. The van der Waals surface area contributed by atoms with Gasteiger partial charge in [-0.2, -0.15) is 0 Å². The quantitative estimate of drug-likeness (QED) is 0.715. The molecule has 2 heterocycles. The number of anilines is 2. The molecule has 24 heavy (non-hydrogen) atoms. The number of nitrogens with zero attached hydrogens (tertiary/aromatic N) is 2. The van der Waals surface area contributed by atoms with Crippen LogP contribution in [0.5, 0.6) is 0 Å². The molecule has 122 valence electrons. The monoisotopic (exact) mass is 362 g/mol. The van der Waals surface area contributed by atoms with E-state index in [2.05, 4.69) is 20.6 Å². The number of aromatic nitrogens is 2. The predicted molar refractivity (Wildman–Crippen MR) is 91.7 cm³/mol. The first kappa shape index (κ1) is 16.3. The summed E-state index contributed by atoms with van der Waals surface area (Å²) in [6, 6.07) is 10.0. The first-order valence-corrected chi connectivity index (χ1v) is 7.73. The highest BCUT2D eigenvalue weighted by Gasteiger charge is 2.10. The molecule has 0 unspecified atom stereocenters. The Labute approximate surface area is 147 Å². The zero-order valence-electron chi connectivity index (χ0n) is 12.3. The molecule has 1 aromatic carbocycles. The highest BCUT2D eigenvalue weighted by Crippen LogP contribution is 2.27. The van der Waals surface area contributed by atoms with Gasteiger partial charge in [-0.25, -0.2) is 9.97 Å². The summed E-state index contributed by atoms with van der Waals surface area (Å²) in [5, 5.41) is 6.62. The number of furan rings is 1. The van der Waals surface area contributed by atoms with Crippen LogP contribution in [0.2, 0.25) is 10.0 Å². The highest BCUT2D eigenvalue weighted by molar-refractivity contribution is 6.36. The zero-order valence-corrected chi connectivity index (χ0v) is 13.8. The summed E-state index contributed by atoms with van der Waals surface area (Å²) in [5.74, 6) is 0.577. The van der Waals surface area contributed by atoms with Crippen LogP contribution in [0.4, 0.5) is 11.6 Å². The van der Waals surface area contributed by atoms with Crippen molar-refractivity contribution in [2.24, 2.45) is 0 Å². The number of carbonyl (C=O) groups is 1. The van der Waals surface area contributed by atoms with Gasteiger partial charge in [-0.3, -0.25) is 4.79 Å². The molecule has 2 aromatic heterocycles. The lowest BCUT2D eigenvalue weighted by atomic mass is 10.3. The summed E-state index contributed by atoms with van der Waals surface area (Å²) in [5.41, 5.74) is 0.818. The van der Waals surface area contributed by atoms with Crippen LogP contribution >= 0.6 is 23.2 Å². The first-order chi connectivity index (χ1) is 11.6. The molecule has 0 saturated heterocycles. The molecule has 3 rings (SSSR count). The van der Waals surface area contributed by atoms with Crippen molar-refractivity contribution in [2.45, 2.75) is 6.54 Å². The van der Waals surface area contributed by atoms with Gasteiger partial charge >= 0.3 is 0 Å². The summed E-state index contributed by atoms with van der Waals surface area (Å²) >= 11 is 12.0. The highest BCUT2D eigenvalue weighted by atomic mass is 35.5. The molecule has 0 atom stereocenters. The fourth-order valence-corrected chi connectivity index (χ4v) is 2.38. The Morgan fingerprint density at radius 3 is 2.83 bits per heavy atom. The summed E-state index contributed by atoms with van der Waals surface area (Å²) in [6.07, 6.45) is 3.03. The Morgan fingerprint density at radius 1 is 1.21 bits per heavy atom. The first-order valence-electron chi connectivity index (χ1n) is 6.97. The van der Waals surface area contributed by atoms with Gasteiger partial charge in [-0.05, 0) is 36.4 Å². The molecule has 0 aliphatic rings. The van der Waals surface area contributed by atoms with Gasteiger partial charge in [0.15, 0.2) is 0 Å². The molecule has 0 radical (unpaired) electrons. The zero-order chi connectivity index (χ0) is 16.9. The van der Waals surface area contributed by atoms with Crippen molar-refractivity contribution in [1.29, 1.82) is 0 Å². The number of benzene rings is 1. The van der Waals surface area contributed by atoms with Crippen LogP contribution in [-0.4, -0.2) is 15.9 Å². The van der Waals surface area contributed by atoms with Gasteiger partial charge in [0.05, 0.1) is 23.5 Å². The van der Waals surface area contributed by atoms with E-state index < -0.39 is 0 Å². The lowest BCUT2D eigenvalue weighted by Gasteiger charge is -2.08. The average Bonchev–Trinajstić information content (AvgIpc) is 3.09. The molecule has 8 heteroatoms. The minimum absolute atomic E-state index is 0.226. The van der Waals surface area contributed by atoms with E-state index in [0.717, 1.165) is 0 Å². The van der Waals surface area contributed by atoms with Gasteiger partial charge in [-0.1, -0.05) is 23.2 Å². The Kier molecular flexibility index (Phi) is 4.98. The molecular formula is C16H12Cl2N4O2. The smallest absolute Gasteiger partial charge is 0.270 e. The molecule has 0 aliphatic heterocycles. The van der Waals surface area contributed by atoms with Crippen molar-refractivity contribution in [1.82, 2.24) is 15.3 Å². The van der Waals surface area contributed by atoms with Gasteiger partial charge in [0.25, 0.3) is 5.91 Å². The molecular weight excluding hydrogens is 351 g/mol. The van der Waals surface area contributed by atoms with Gasteiger partial charge in [0.2, 0.25) is 5.95 Å². The third-order valence-electron chi connectivity index (χ3n) is 3.07. The Morgan fingerprint density at radius 2 is 2.08 bits per heavy atom. The van der Waals surface area contributed by atoms with Gasteiger partial charge < -0.3 is 15.1 Å². The summed E-state index contributed by atoms with van der Waals surface area (Å²) in [6.45, 7) is 0.279.